The minimum atomic E-state index is -1.18. The number of amides is 2. The first kappa shape index (κ1) is 24.0. The summed E-state index contributed by atoms with van der Waals surface area (Å²) in [4.78, 5) is 57.4. The lowest BCUT2D eigenvalue weighted by atomic mass is 10.0. The van der Waals surface area contributed by atoms with Gasteiger partial charge in [-0.3, -0.25) is 24.4 Å². The fourth-order valence-electron chi connectivity index (χ4n) is 3.42. The van der Waals surface area contributed by atoms with Crippen molar-refractivity contribution in [2.45, 2.75) is 24.6 Å². The lowest BCUT2D eigenvalue weighted by Crippen LogP contribution is -2.29. The number of anilines is 1. The van der Waals surface area contributed by atoms with Crippen molar-refractivity contribution in [1.82, 2.24) is 15.3 Å². The normalized spacial score (nSPS) is 17.3. The predicted octanol–water partition coefficient (Wildman–Crippen LogP) is 1.92. The Kier molecular flexibility index (Phi) is 6.82. The molecule has 1 aromatic heterocycles. The number of aromatic amines is 2. The molecule has 10 nitrogen and oxygen atoms in total. The number of rotatable bonds is 6. The summed E-state index contributed by atoms with van der Waals surface area (Å²) in [7, 11) is 0. The van der Waals surface area contributed by atoms with E-state index in [0.717, 1.165) is 29.5 Å². The van der Waals surface area contributed by atoms with E-state index in [0.29, 0.717) is 11.3 Å². The molecule has 2 atom stereocenters. The first-order valence-electron chi connectivity index (χ1n) is 10.4. The number of benzene rings is 2. The summed E-state index contributed by atoms with van der Waals surface area (Å²) in [6, 6.07) is 11.0. The maximum Gasteiger partial charge on any atom is 0.328 e. The fourth-order valence-corrected chi connectivity index (χ4v) is 4.42. The van der Waals surface area contributed by atoms with Gasteiger partial charge in [-0.1, -0.05) is 41.6 Å². The number of amidine groups is 1. The van der Waals surface area contributed by atoms with Gasteiger partial charge in [0.05, 0.1) is 0 Å². The quantitative estimate of drug-likeness (QED) is 0.350. The summed E-state index contributed by atoms with van der Waals surface area (Å²) in [5.41, 5.74) is -0.140. The Morgan fingerprint density at radius 1 is 1.11 bits per heavy atom. The number of aromatic nitrogens is 2. The standard InChI is InChI=1S/C23H20FN5O5S/c1-11-2-8-14(9-3-11)25-16(30)10-15-19(31)29-23(35-15)26-18(12-4-6-13(24)7-5-12)17-20(32)27-22(34)28-21(17)33/h2-9,15,18H,10H2,1H3,(H,25,30)(H,26,29,31)(H3,27,28,32,33,34)/t15-,18-/m0/s1. The zero-order valence-corrected chi connectivity index (χ0v) is 19.1. The van der Waals surface area contributed by atoms with E-state index in [2.05, 4.69) is 20.6 Å². The summed E-state index contributed by atoms with van der Waals surface area (Å²) < 4.78 is 13.5. The summed E-state index contributed by atoms with van der Waals surface area (Å²) >= 11 is 0.984. The van der Waals surface area contributed by atoms with Crippen LogP contribution >= 0.6 is 11.8 Å². The van der Waals surface area contributed by atoms with Gasteiger partial charge < -0.3 is 15.7 Å². The molecule has 2 amide bonds. The monoisotopic (exact) mass is 497 g/mol. The molecule has 180 valence electrons. The molecule has 1 aliphatic rings. The van der Waals surface area contributed by atoms with Crippen LogP contribution < -0.4 is 21.9 Å². The molecule has 1 aliphatic heterocycles. The molecule has 2 heterocycles. The van der Waals surface area contributed by atoms with Gasteiger partial charge in [0.1, 0.15) is 22.7 Å². The highest BCUT2D eigenvalue weighted by Crippen LogP contribution is 2.31. The number of halogens is 1. The van der Waals surface area contributed by atoms with Crippen LogP contribution in [0.2, 0.25) is 0 Å². The predicted molar refractivity (Wildman–Crippen MR) is 129 cm³/mol. The van der Waals surface area contributed by atoms with Gasteiger partial charge in [-0.05, 0) is 36.8 Å². The van der Waals surface area contributed by atoms with Crippen LogP contribution in [-0.4, -0.2) is 37.3 Å². The Balaban J connectivity index is 1.58. The maximum absolute atomic E-state index is 13.5. The van der Waals surface area contributed by atoms with Crippen LogP contribution in [0, 0.1) is 12.7 Å². The fraction of sp³-hybridized carbons (Fsp3) is 0.174. The number of carbonyl (C=O) groups is 2. The molecule has 0 bridgehead atoms. The van der Waals surface area contributed by atoms with Crippen molar-refractivity contribution in [3.8, 4) is 5.88 Å². The zero-order valence-electron chi connectivity index (χ0n) is 18.3. The number of hydrogen-bond donors (Lipinski definition) is 5. The molecule has 0 radical (unpaired) electrons. The number of thioether (sulfide) groups is 1. The lowest BCUT2D eigenvalue weighted by molar-refractivity contribution is -0.122. The number of nitrogens with one attached hydrogen (secondary N) is 4. The van der Waals surface area contributed by atoms with Crippen LogP contribution in [0.1, 0.15) is 29.2 Å². The molecule has 3 aromatic rings. The molecular weight excluding hydrogens is 477 g/mol. The summed E-state index contributed by atoms with van der Waals surface area (Å²) in [6.07, 6.45) is -0.130. The molecule has 5 N–H and O–H groups in total. The van der Waals surface area contributed by atoms with Crippen LogP contribution in [0.5, 0.6) is 5.88 Å². The van der Waals surface area contributed by atoms with Gasteiger partial charge in [0.2, 0.25) is 17.7 Å². The number of aromatic hydroxyl groups is 1. The summed E-state index contributed by atoms with van der Waals surface area (Å²) in [6.45, 7) is 1.92. The van der Waals surface area contributed by atoms with Crippen molar-refractivity contribution in [3.63, 3.8) is 0 Å². The van der Waals surface area contributed by atoms with Gasteiger partial charge in [-0.15, -0.1) is 0 Å². The molecule has 0 aliphatic carbocycles. The Morgan fingerprint density at radius 2 is 1.80 bits per heavy atom. The minimum Gasteiger partial charge on any atom is -0.494 e. The number of nitrogens with zero attached hydrogens (tertiary/aromatic N) is 1. The molecule has 4 rings (SSSR count). The minimum absolute atomic E-state index is 0.0995. The smallest absolute Gasteiger partial charge is 0.328 e. The summed E-state index contributed by atoms with van der Waals surface area (Å²) in [5.74, 6) is -2.05. The lowest BCUT2D eigenvalue weighted by Gasteiger charge is -2.14. The third-order valence-electron chi connectivity index (χ3n) is 5.15. The van der Waals surface area contributed by atoms with Crippen LogP contribution in [0.4, 0.5) is 10.1 Å². The van der Waals surface area contributed by atoms with Gasteiger partial charge in [0, 0.05) is 12.1 Å². The Morgan fingerprint density at radius 3 is 2.46 bits per heavy atom. The maximum atomic E-state index is 13.5. The first-order chi connectivity index (χ1) is 16.7. The zero-order chi connectivity index (χ0) is 25.1. The van der Waals surface area contributed by atoms with Crippen LogP contribution in [0.15, 0.2) is 63.1 Å². The van der Waals surface area contributed by atoms with Gasteiger partial charge in [-0.25, -0.2) is 14.2 Å². The van der Waals surface area contributed by atoms with Crippen molar-refractivity contribution < 1.29 is 19.1 Å². The van der Waals surface area contributed by atoms with Gasteiger partial charge in [0.15, 0.2) is 5.17 Å². The summed E-state index contributed by atoms with van der Waals surface area (Å²) in [5, 5.41) is 14.9. The number of hydrogen-bond acceptors (Lipinski definition) is 7. The first-order valence-corrected chi connectivity index (χ1v) is 11.3. The molecule has 35 heavy (non-hydrogen) atoms. The van der Waals surface area contributed by atoms with E-state index < -0.39 is 40.1 Å². The second-order valence-corrected chi connectivity index (χ2v) is 8.96. The van der Waals surface area contributed by atoms with Gasteiger partial charge in [0.25, 0.3) is 5.56 Å². The Hall–Kier alpha value is -4.19. The van der Waals surface area contributed by atoms with E-state index in [4.69, 9.17) is 0 Å². The van der Waals surface area contributed by atoms with Gasteiger partial charge in [-0.2, -0.15) is 0 Å². The third kappa shape index (κ3) is 5.66. The average Bonchev–Trinajstić information content (AvgIpc) is 3.13. The van der Waals surface area contributed by atoms with Crippen LogP contribution in [0.3, 0.4) is 0 Å². The van der Waals surface area contributed by atoms with E-state index in [9.17, 15) is 28.7 Å². The van der Waals surface area contributed by atoms with E-state index in [1.807, 2.05) is 24.0 Å². The highest BCUT2D eigenvalue weighted by Gasteiger charge is 2.33. The molecular formula is C23H20FN5O5S. The van der Waals surface area contributed by atoms with E-state index in [-0.39, 0.29) is 23.1 Å². The second kappa shape index (κ2) is 9.97. The molecule has 0 saturated carbocycles. The third-order valence-corrected chi connectivity index (χ3v) is 6.24. The Bertz CT molecular complexity index is 1420. The van der Waals surface area contributed by atoms with Crippen molar-refractivity contribution in [2.75, 3.05) is 5.32 Å². The van der Waals surface area contributed by atoms with E-state index in [1.165, 1.54) is 12.1 Å². The van der Waals surface area contributed by atoms with Crippen LogP contribution in [0.25, 0.3) is 0 Å². The highest BCUT2D eigenvalue weighted by atomic mass is 32.2. The second-order valence-electron chi connectivity index (χ2n) is 7.77. The molecule has 0 unspecified atom stereocenters. The van der Waals surface area contributed by atoms with Crippen LogP contribution in [-0.2, 0) is 9.59 Å². The number of aliphatic imine (C=N–C) groups is 1. The van der Waals surface area contributed by atoms with Gasteiger partial charge >= 0.3 is 5.69 Å². The van der Waals surface area contributed by atoms with Crippen molar-refractivity contribution in [2.24, 2.45) is 4.99 Å². The molecule has 2 aromatic carbocycles. The molecule has 0 spiro atoms. The van der Waals surface area contributed by atoms with E-state index in [1.54, 1.807) is 12.1 Å². The molecule has 12 heteroatoms. The van der Waals surface area contributed by atoms with Crippen molar-refractivity contribution >= 4 is 34.4 Å². The highest BCUT2D eigenvalue weighted by molar-refractivity contribution is 8.15. The van der Waals surface area contributed by atoms with Crippen molar-refractivity contribution in [1.29, 1.82) is 0 Å². The number of H-pyrrole nitrogens is 2. The SMILES string of the molecule is Cc1ccc(NC(=O)C[C@@H]2SC(=N[C@@H](c3ccc(F)cc3)c3c(O)[nH]c(=O)[nH]c3=O)NC2=O)cc1. The largest absolute Gasteiger partial charge is 0.494 e. The molecule has 1 fully saturated rings. The number of carbonyl (C=O) groups excluding carboxylic acids is 2. The number of aryl methyl sites for hydroxylation is 1. The topological polar surface area (TPSA) is 157 Å². The Labute approximate surface area is 201 Å². The average molecular weight is 498 g/mol. The van der Waals surface area contributed by atoms with Crippen molar-refractivity contribution in [3.05, 3.63) is 91.9 Å². The molecule has 1 saturated heterocycles. The van der Waals surface area contributed by atoms with E-state index >= 15 is 0 Å².